The largest absolute Gasteiger partial charge is 0.412 e. The summed E-state index contributed by atoms with van der Waals surface area (Å²) in [5.41, 5.74) is 5.82. The standard InChI is InChI=1S/C16H11BrF2N4O.H2O/c17-8-13-15-16(24)22(9-5-6-10(18)11(19)7-9)21-23(15)14-4-2-1-3-12(14)20-13;/h1-7,20-21H,8H2;1H2. The van der Waals surface area contributed by atoms with Crippen LogP contribution in [0, 0.1) is 11.6 Å². The molecule has 2 aromatic carbocycles. The Labute approximate surface area is 150 Å². The van der Waals surface area contributed by atoms with Gasteiger partial charge >= 0.3 is 0 Å². The van der Waals surface area contributed by atoms with Crippen molar-refractivity contribution in [1.82, 2.24) is 5.53 Å². The maximum Gasteiger partial charge on any atom is 0.294 e. The Bertz CT molecular complexity index is 890. The summed E-state index contributed by atoms with van der Waals surface area (Å²) in [6.45, 7) is 0. The summed E-state index contributed by atoms with van der Waals surface area (Å²) in [5, 5.41) is 6.46. The molecule has 4 rings (SSSR count). The predicted molar refractivity (Wildman–Crippen MR) is 94.0 cm³/mol. The molecule has 130 valence electrons. The van der Waals surface area contributed by atoms with Crippen molar-refractivity contribution in [2.75, 3.05) is 20.7 Å². The predicted octanol–water partition coefficient (Wildman–Crippen LogP) is 2.44. The number of carbonyl (C=O) groups excluding carboxylic acids is 1. The summed E-state index contributed by atoms with van der Waals surface area (Å²) in [6, 6.07) is 10.8. The number of benzene rings is 2. The monoisotopic (exact) mass is 410 g/mol. The molecule has 25 heavy (non-hydrogen) atoms. The van der Waals surface area contributed by atoms with E-state index in [1.54, 1.807) is 5.01 Å². The third-order valence-corrected chi connectivity index (χ3v) is 4.40. The van der Waals surface area contributed by atoms with E-state index in [-0.39, 0.29) is 17.1 Å². The van der Waals surface area contributed by atoms with E-state index in [1.807, 2.05) is 24.3 Å². The Kier molecular flexibility index (Phi) is 4.46. The highest BCUT2D eigenvalue weighted by Gasteiger charge is 2.40. The van der Waals surface area contributed by atoms with Gasteiger partial charge in [-0.2, -0.15) is 0 Å². The number of para-hydroxylation sites is 2. The first-order valence-electron chi connectivity index (χ1n) is 7.11. The zero-order valence-corrected chi connectivity index (χ0v) is 14.3. The lowest BCUT2D eigenvalue weighted by molar-refractivity contribution is -0.114. The molecule has 0 atom stereocenters. The van der Waals surface area contributed by atoms with Crippen LogP contribution in [0.5, 0.6) is 0 Å². The van der Waals surface area contributed by atoms with Crippen LogP contribution in [-0.4, -0.2) is 16.7 Å². The molecule has 0 bridgehead atoms. The van der Waals surface area contributed by atoms with E-state index in [0.717, 1.165) is 23.5 Å². The summed E-state index contributed by atoms with van der Waals surface area (Å²) in [6.07, 6.45) is 0. The van der Waals surface area contributed by atoms with Crippen LogP contribution in [0.25, 0.3) is 0 Å². The first-order chi connectivity index (χ1) is 11.6. The normalized spacial score (nSPS) is 15.6. The molecular weight excluding hydrogens is 398 g/mol. The average Bonchev–Trinajstić information content (AvgIpc) is 2.95. The highest BCUT2D eigenvalue weighted by atomic mass is 79.9. The number of allylic oxidation sites excluding steroid dienone is 1. The van der Waals surface area contributed by atoms with Gasteiger partial charge in [-0.3, -0.25) is 4.79 Å². The van der Waals surface area contributed by atoms with Crippen LogP contribution >= 0.6 is 15.9 Å². The molecule has 0 aromatic heterocycles. The number of hydrazine groups is 2. The van der Waals surface area contributed by atoms with Gasteiger partial charge in [0, 0.05) is 11.4 Å². The van der Waals surface area contributed by atoms with Gasteiger partial charge in [-0.1, -0.05) is 28.1 Å². The van der Waals surface area contributed by atoms with E-state index in [4.69, 9.17) is 0 Å². The van der Waals surface area contributed by atoms with Crippen LogP contribution in [0.3, 0.4) is 0 Å². The number of nitrogens with one attached hydrogen (secondary N) is 2. The highest BCUT2D eigenvalue weighted by Crippen LogP contribution is 2.38. The molecule has 1 fully saturated rings. The quantitative estimate of drug-likeness (QED) is 0.745. The number of carbonyl (C=O) groups is 1. The molecule has 0 saturated carbocycles. The molecule has 0 spiro atoms. The number of fused-ring (bicyclic) bond motifs is 3. The minimum atomic E-state index is -1.01. The van der Waals surface area contributed by atoms with Gasteiger partial charge in [0.25, 0.3) is 5.91 Å². The molecule has 2 aromatic rings. The van der Waals surface area contributed by atoms with Crippen LogP contribution in [0.1, 0.15) is 0 Å². The van der Waals surface area contributed by atoms with Crippen LogP contribution in [-0.2, 0) is 4.79 Å². The number of amides is 1. The molecule has 0 aliphatic carbocycles. The van der Waals surface area contributed by atoms with Crippen LogP contribution in [0.2, 0.25) is 0 Å². The first kappa shape index (κ1) is 17.3. The van der Waals surface area contributed by atoms with Gasteiger partial charge < -0.3 is 10.8 Å². The lowest BCUT2D eigenvalue weighted by Gasteiger charge is -2.28. The maximum absolute atomic E-state index is 13.5. The SMILES string of the molecule is O.O=C1C2=C(CBr)Nc3ccccc3N2NN1c1ccc(F)c(F)c1. The van der Waals surface area contributed by atoms with Crippen molar-refractivity contribution in [3.63, 3.8) is 0 Å². The van der Waals surface area contributed by atoms with Gasteiger partial charge in [0.1, 0.15) is 5.70 Å². The molecule has 1 saturated heterocycles. The Hall–Kier alpha value is -2.49. The van der Waals surface area contributed by atoms with Crippen molar-refractivity contribution in [3.05, 3.63) is 65.5 Å². The lowest BCUT2D eigenvalue weighted by Crippen LogP contribution is -2.41. The highest BCUT2D eigenvalue weighted by molar-refractivity contribution is 9.09. The summed E-state index contributed by atoms with van der Waals surface area (Å²) < 4.78 is 26.7. The first-order valence-corrected chi connectivity index (χ1v) is 8.23. The molecule has 0 unspecified atom stereocenters. The fraction of sp³-hybridized carbons (Fsp3) is 0.0625. The van der Waals surface area contributed by atoms with Crippen molar-refractivity contribution in [2.24, 2.45) is 0 Å². The van der Waals surface area contributed by atoms with E-state index in [9.17, 15) is 13.6 Å². The molecule has 0 radical (unpaired) electrons. The van der Waals surface area contributed by atoms with Gasteiger partial charge in [-0.05, 0) is 24.3 Å². The smallest absolute Gasteiger partial charge is 0.294 e. The second kappa shape index (κ2) is 6.43. The summed E-state index contributed by atoms with van der Waals surface area (Å²) in [4.78, 5) is 12.8. The van der Waals surface area contributed by atoms with Gasteiger partial charge in [-0.25, -0.2) is 18.8 Å². The maximum atomic E-state index is 13.5. The van der Waals surface area contributed by atoms with Crippen molar-refractivity contribution in [2.45, 2.75) is 0 Å². The summed E-state index contributed by atoms with van der Waals surface area (Å²) >= 11 is 3.37. The zero-order chi connectivity index (χ0) is 16.8. The van der Waals surface area contributed by atoms with E-state index >= 15 is 0 Å². The second-order valence-electron chi connectivity index (χ2n) is 5.28. The molecular formula is C16H13BrF2N4O2. The number of halogens is 3. The third-order valence-electron chi connectivity index (χ3n) is 3.84. The lowest BCUT2D eigenvalue weighted by atomic mass is 10.1. The number of nitrogens with zero attached hydrogens (tertiary/aromatic N) is 2. The molecule has 1 amide bonds. The number of alkyl halides is 1. The van der Waals surface area contributed by atoms with Crippen molar-refractivity contribution >= 4 is 38.9 Å². The molecule has 2 heterocycles. The molecule has 4 N–H and O–H groups in total. The van der Waals surface area contributed by atoms with Crippen LogP contribution in [0.15, 0.2) is 53.9 Å². The summed E-state index contributed by atoms with van der Waals surface area (Å²) in [5.74, 6) is -2.34. The topological polar surface area (TPSA) is 79.1 Å². The Morgan fingerprint density at radius 1 is 1.04 bits per heavy atom. The van der Waals surface area contributed by atoms with E-state index < -0.39 is 11.6 Å². The van der Waals surface area contributed by atoms with Gasteiger partial charge in [0.2, 0.25) is 0 Å². The van der Waals surface area contributed by atoms with Gasteiger partial charge in [-0.15, -0.1) is 5.53 Å². The number of anilines is 3. The van der Waals surface area contributed by atoms with E-state index in [0.29, 0.717) is 16.7 Å². The number of rotatable bonds is 2. The van der Waals surface area contributed by atoms with Crippen molar-refractivity contribution in [3.8, 4) is 0 Å². The number of hydrogen-bond donors (Lipinski definition) is 2. The molecule has 2 aliphatic heterocycles. The summed E-state index contributed by atoms with van der Waals surface area (Å²) in [7, 11) is 0. The molecule has 6 nitrogen and oxygen atoms in total. The number of hydrogen-bond acceptors (Lipinski definition) is 4. The van der Waals surface area contributed by atoms with Crippen LogP contribution in [0.4, 0.5) is 25.8 Å². The average molecular weight is 411 g/mol. The third kappa shape index (κ3) is 2.66. The van der Waals surface area contributed by atoms with E-state index in [1.165, 1.54) is 11.1 Å². The Morgan fingerprint density at radius 2 is 1.80 bits per heavy atom. The van der Waals surface area contributed by atoms with Crippen LogP contribution < -0.4 is 20.9 Å². The minimum absolute atomic E-state index is 0. The minimum Gasteiger partial charge on any atom is -0.412 e. The molecule has 2 aliphatic rings. The zero-order valence-electron chi connectivity index (χ0n) is 12.7. The molecule has 9 heteroatoms. The second-order valence-corrected chi connectivity index (χ2v) is 5.84. The fourth-order valence-electron chi connectivity index (χ4n) is 2.73. The van der Waals surface area contributed by atoms with Gasteiger partial charge in [0.15, 0.2) is 11.6 Å². The van der Waals surface area contributed by atoms with Crippen molar-refractivity contribution < 1.29 is 19.1 Å². The Balaban J connectivity index is 0.00000182. The fourth-order valence-corrected chi connectivity index (χ4v) is 3.13. The van der Waals surface area contributed by atoms with E-state index in [2.05, 4.69) is 26.8 Å². The van der Waals surface area contributed by atoms with Gasteiger partial charge in [0.05, 0.1) is 22.8 Å². The Morgan fingerprint density at radius 3 is 2.52 bits per heavy atom. The van der Waals surface area contributed by atoms with Crippen molar-refractivity contribution in [1.29, 1.82) is 0 Å².